The van der Waals surface area contributed by atoms with Crippen molar-refractivity contribution in [3.8, 4) is 5.75 Å². The van der Waals surface area contributed by atoms with Crippen molar-refractivity contribution in [1.82, 2.24) is 0 Å². The minimum Gasteiger partial charge on any atom is -0.425 e. The summed E-state index contributed by atoms with van der Waals surface area (Å²) >= 11 is 7.55. The molecule has 1 heterocycles. The van der Waals surface area contributed by atoms with Gasteiger partial charge in [-0.05, 0) is 29.8 Å². The monoisotopic (exact) mass is 290 g/mol. The average molecular weight is 291 g/mol. The fourth-order valence-corrected chi connectivity index (χ4v) is 3.33. The van der Waals surface area contributed by atoms with Crippen LogP contribution in [0, 0.1) is 0 Å². The molecule has 4 heteroatoms. The molecule has 1 atom stereocenters. The molecule has 0 radical (unpaired) electrons. The first-order valence-electron chi connectivity index (χ1n) is 5.94. The maximum absolute atomic E-state index is 11.8. The molecule has 0 amide bonds. The molecule has 0 fully saturated rings. The molecule has 2 nitrogen and oxygen atoms in total. The summed E-state index contributed by atoms with van der Waals surface area (Å²) in [4.78, 5) is 12.8. The molecule has 0 aromatic heterocycles. The van der Waals surface area contributed by atoms with Gasteiger partial charge < -0.3 is 4.74 Å². The number of fused-ring (bicyclic) bond motifs is 1. The fourth-order valence-electron chi connectivity index (χ4n) is 2.01. The van der Waals surface area contributed by atoms with Crippen LogP contribution in [0.25, 0.3) is 0 Å². The van der Waals surface area contributed by atoms with Gasteiger partial charge in [0.25, 0.3) is 0 Å². The van der Waals surface area contributed by atoms with Crippen LogP contribution >= 0.6 is 23.4 Å². The summed E-state index contributed by atoms with van der Waals surface area (Å²) in [6.07, 6.45) is 0.362. The number of benzene rings is 2. The van der Waals surface area contributed by atoms with Gasteiger partial charge in [0, 0.05) is 10.3 Å². The second-order valence-corrected chi connectivity index (χ2v) is 5.96. The van der Waals surface area contributed by atoms with E-state index in [9.17, 15) is 4.79 Å². The maximum Gasteiger partial charge on any atom is 0.312 e. The highest BCUT2D eigenvalue weighted by Gasteiger charge is 2.24. The highest BCUT2D eigenvalue weighted by atomic mass is 35.5. The Morgan fingerprint density at radius 3 is 2.63 bits per heavy atom. The van der Waals surface area contributed by atoms with Crippen molar-refractivity contribution >= 4 is 29.3 Å². The Labute approximate surface area is 120 Å². The number of hydrogen-bond donors (Lipinski definition) is 0. The first-order valence-corrected chi connectivity index (χ1v) is 7.20. The van der Waals surface area contributed by atoms with E-state index < -0.39 is 0 Å². The Bertz CT molecular complexity index is 610. The third-order valence-electron chi connectivity index (χ3n) is 2.94. The van der Waals surface area contributed by atoms with Crippen LogP contribution in [0.2, 0.25) is 5.02 Å². The molecule has 3 rings (SSSR count). The van der Waals surface area contributed by atoms with Crippen LogP contribution in [-0.2, 0) is 4.79 Å². The lowest BCUT2D eigenvalue weighted by Crippen LogP contribution is -2.08. The number of ether oxygens (including phenoxy) is 1. The smallest absolute Gasteiger partial charge is 0.312 e. The molecule has 0 saturated carbocycles. The molecule has 0 spiro atoms. The predicted octanol–water partition coefficient (Wildman–Crippen LogP) is 4.48. The van der Waals surface area contributed by atoms with E-state index >= 15 is 0 Å². The molecule has 0 aliphatic carbocycles. The topological polar surface area (TPSA) is 26.3 Å². The lowest BCUT2D eigenvalue weighted by Gasteiger charge is -2.12. The summed E-state index contributed by atoms with van der Waals surface area (Å²) in [7, 11) is 0. The molecule has 0 N–H and O–H groups in total. The Hall–Kier alpha value is -1.45. The molecule has 1 aliphatic rings. The van der Waals surface area contributed by atoms with Gasteiger partial charge in [-0.3, -0.25) is 4.79 Å². The van der Waals surface area contributed by atoms with Crippen LogP contribution in [0.4, 0.5) is 0 Å². The number of thioether (sulfide) groups is 1. The molecule has 96 valence electrons. The summed E-state index contributed by atoms with van der Waals surface area (Å²) in [5.74, 6) is 0.450. The third-order valence-corrected chi connectivity index (χ3v) is 4.50. The lowest BCUT2D eigenvalue weighted by molar-refractivity contribution is -0.134. The summed E-state index contributed by atoms with van der Waals surface area (Å²) in [6.45, 7) is 0. The van der Waals surface area contributed by atoms with Gasteiger partial charge in [0.15, 0.2) is 0 Å². The maximum atomic E-state index is 11.8. The summed E-state index contributed by atoms with van der Waals surface area (Å²) in [5, 5.41) is 0.763. The van der Waals surface area contributed by atoms with E-state index in [2.05, 4.69) is 0 Å². The Morgan fingerprint density at radius 2 is 1.84 bits per heavy atom. The van der Waals surface area contributed by atoms with E-state index in [-0.39, 0.29) is 11.2 Å². The largest absolute Gasteiger partial charge is 0.425 e. The number of carbonyl (C=O) groups excluding carboxylic acids is 1. The van der Waals surface area contributed by atoms with Crippen LogP contribution in [0.5, 0.6) is 5.75 Å². The Kier molecular flexibility index (Phi) is 3.49. The second-order valence-electron chi connectivity index (χ2n) is 4.28. The zero-order valence-electron chi connectivity index (χ0n) is 10.0. The molecule has 1 aliphatic heterocycles. The minimum atomic E-state index is -0.197. The predicted molar refractivity (Wildman–Crippen MR) is 76.7 cm³/mol. The van der Waals surface area contributed by atoms with Gasteiger partial charge in [0.05, 0.1) is 11.3 Å². The standard InChI is InChI=1S/C15H11ClO2S/c16-11-7-5-10(6-8-11)14-9-15(17)18-12-3-1-2-4-13(12)19-14/h1-8,14H,9H2. The first kappa shape index (κ1) is 12.6. The molecular formula is C15H11ClO2S. The molecule has 0 bridgehead atoms. The molecular weight excluding hydrogens is 280 g/mol. The molecule has 2 aromatic carbocycles. The summed E-state index contributed by atoms with van der Waals surface area (Å²) < 4.78 is 5.35. The number of carbonyl (C=O) groups is 1. The van der Waals surface area contributed by atoms with E-state index in [1.807, 2.05) is 48.5 Å². The lowest BCUT2D eigenvalue weighted by atomic mass is 10.1. The zero-order valence-corrected chi connectivity index (χ0v) is 11.6. The third kappa shape index (κ3) is 2.77. The van der Waals surface area contributed by atoms with E-state index in [1.54, 1.807) is 11.8 Å². The van der Waals surface area contributed by atoms with Gasteiger partial charge >= 0.3 is 5.97 Å². The van der Waals surface area contributed by atoms with Gasteiger partial charge in [-0.15, -0.1) is 11.8 Å². The van der Waals surface area contributed by atoms with Gasteiger partial charge in [-0.25, -0.2) is 0 Å². The van der Waals surface area contributed by atoms with E-state index in [4.69, 9.17) is 16.3 Å². The number of hydrogen-bond acceptors (Lipinski definition) is 3. The van der Waals surface area contributed by atoms with Crippen molar-refractivity contribution < 1.29 is 9.53 Å². The SMILES string of the molecule is O=C1CC(c2ccc(Cl)cc2)Sc2ccccc2O1. The van der Waals surface area contributed by atoms with E-state index in [0.717, 1.165) is 10.5 Å². The zero-order chi connectivity index (χ0) is 13.2. The van der Waals surface area contributed by atoms with E-state index in [0.29, 0.717) is 17.2 Å². The van der Waals surface area contributed by atoms with Crippen LogP contribution in [-0.4, -0.2) is 5.97 Å². The number of para-hydroxylation sites is 1. The molecule has 0 saturated heterocycles. The van der Waals surface area contributed by atoms with Crippen LogP contribution in [0.1, 0.15) is 17.2 Å². The van der Waals surface area contributed by atoms with Crippen molar-refractivity contribution in [1.29, 1.82) is 0 Å². The minimum absolute atomic E-state index is 0.0633. The molecule has 19 heavy (non-hydrogen) atoms. The summed E-state index contributed by atoms with van der Waals surface area (Å²) in [5.41, 5.74) is 1.09. The second kappa shape index (κ2) is 5.27. The summed E-state index contributed by atoms with van der Waals surface area (Å²) in [6, 6.07) is 15.2. The van der Waals surface area contributed by atoms with Crippen LogP contribution in [0.15, 0.2) is 53.4 Å². The highest BCUT2D eigenvalue weighted by molar-refractivity contribution is 7.99. The van der Waals surface area contributed by atoms with Gasteiger partial charge in [-0.1, -0.05) is 35.9 Å². The fraction of sp³-hybridized carbons (Fsp3) is 0.133. The Morgan fingerprint density at radius 1 is 1.11 bits per heavy atom. The van der Waals surface area contributed by atoms with Gasteiger partial charge in [-0.2, -0.15) is 0 Å². The van der Waals surface area contributed by atoms with Gasteiger partial charge in [0.2, 0.25) is 0 Å². The molecule has 2 aromatic rings. The van der Waals surface area contributed by atoms with Crippen molar-refractivity contribution in [3.63, 3.8) is 0 Å². The number of esters is 1. The number of rotatable bonds is 1. The quantitative estimate of drug-likeness (QED) is 0.572. The Balaban J connectivity index is 1.95. The van der Waals surface area contributed by atoms with E-state index in [1.165, 1.54) is 0 Å². The normalized spacial score (nSPS) is 18.4. The molecule has 1 unspecified atom stereocenters. The number of halogens is 1. The van der Waals surface area contributed by atoms with Crippen LogP contribution in [0.3, 0.4) is 0 Å². The average Bonchev–Trinajstić information content (AvgIpc) is 2.57. The highest BCUT2D eigenvalue weighted by Crippen LogP contribution is 2.44. The first-order chi connectivity index (χ1) is 9.22. The van der Waals surface area contributed by atoms with Crippen molar-refractivity contribution in [2.45, 2.75) is 16.6 Å². The van der Waals surface area contributed by atoms with Gasteiger partial charge in [0.1, 0.15) is 5.75 Å². The van der Waals surface area contributed by atoms with Crippen molar-refractivity contribution in [2.75, 3.05) is 0 Å². The van der Waals surface area contributed by atoms with Crippen molar-refractivity contribution in [3.05, 3.63) is 59.1 Å². The van der Waals surface area contributed by atoms with Crippen molar-refractivity contribution in [2.24, 2.45) is 0 Å². The van der Waals surface area contributed by atoms with Crippen LogP contribution < -0.4 is 4.74 Å².